The molecule has 0 aliphatic carbocycles. The van der Waals surface area contributed by atoms with Crippen molar-refractivity contribution in [1.82, 2.24) is 9.62 Å². The van der Waals surface area contributed by atoms with Gasteiger partial charge in [0, 0.05) is 28.0 Å². The molecule has 0 bridgehead atoms. The zero-order chi connectivity index (χ0) is 23.1. The lowest BCUT2D eigenvalue weighted by atomic mass is 9.95. The highest BCUT2D eigenvalue weighted by atomic mass is 79.9. The van der Waals surface area contributed by atoms with Gasteiger partial charge in [-0.2, -0.15) is 13.2 Å². The Hall–Kier alpha value is -1.06. The van der Waals surface area contributed by atoms with Gasteiger partial charge in [-0.05, 0) is 91.8 Å². The Morgan fingerprint density at radius 1 is 1.13 bits per heavy atom. The Labute approximate surface area is 195 Å². The molecule has 31 heavy (non-hydrogen) atoms. The predicted molar refractivity (Wildman–Crippen MR) is 125 cm³/mol. The SMILES string of the molecule is CN(C[C@H](O)CNC(C)(C)CCCc1ccccc1)Sc1cc(C(F)(F)F)ccc1Br. The van der Waals surface area contributed by atoms with Crippen LogP contribution in [0, 0.1) is 0 Å². The molecule has 0 heterocycles. The van der Waals surface area contributed by atoms with Crippen molar-refractivity contribution in [3.8, 4) is 0 Å². The van der Waals surface area contributed by atoms with Crippen molar-refractivity contribution >= 4 is 27.9 Å². The number of hydrogen-bond acceptors (Lipinski definition) is 4. The minimum atomic E-state index is -4.38. The van der Waals surface area contributed by atoms with Crippen LogP contribution in [0.15, 0.2) is 57.9 Å². The van der Waals surface area contributed by atoms with Gasteiger partial charge in [0.2, 0.25) is 0 Å². The highest BCUT2D eigenvalue weighted by molar-refractivity contribution is 9.10. The number of hydrogen-bond donors (Lipinski definition) is 2. The number of aliphatic hydroxyl groups is 1. The van der Waals surface area contributed by atoms with E-state index in [9.17, 15) is 18.3 Å². The number of aryl methyl sites for hydroxylation is 1. The van der Waals surface area contributed by atoms with Gasteiger partial charge >= 0.3 is 6.18 Å². The number of rotatable bonds is 11. The minimum Gasteiger partial charge on any atom is -0.390 e. The van der Waals surface area contributed by atoms with Crippen LogP contribution in [-0.2, 0) is 12.6 Å². The van der Waals surface area contributed by atoms with Gasteiger partial charge in [0.15, 0.2) is 0 Å². The molecule has 0 saturated heterocycles. The van der Waals surface area contributed by atoms with Crippen LogP contribution in [0.3, 0.4) is 0 Å². The molecule has 0 aliphatic rings. The Kier molecular flexibility index (Phi) is 9.89. The Balaban J connectivity index is 1.78. The number of alkyl halides is 3. The number of β-amino-alcohol motifs (C(OH)–C–C–N with tert-alkyl or cyclic N) is 1. The summed E-state index contributed by atoms with van der Waals surface area (Å²) in [6, 6.07) is 13.9. The summed E-state index contributed by atoms with van der Waals surface area (Å²) in [5.41, 5.74) is 0.509. The molecule has 2 aromatic carbocycles. The lowest BCUT2D eigenvalue weighted by Gasteiger charge is -2.29. The molecule has 8 heteroatoms. The molecule has 0 amide bonds. The monoisotopic (exact) mass is 518 g/mol. The molecule has 1 atom stereocenters. The normalized spacial score (nSPS) is 13.6. The quantitative estimate of drug-likeness (QED) is 0.349. The zero-order valence-corrected chi connectivity index (χ0v) is 20.4. The molecular weight excluding hydrogens is 489 g/mol. The molecule has 172 valence electrons. The second-order valence-electron chi connectivity index (χ2n) is 8.30. The van der Waals surface area contributed by atoms with E-state index in [2.05, 4.69) is 47.2 Å². The molecule has 2 N–H and O–H groups in total. The second-order valence-corrected chi connectivity index (χ2v) is 10.4. The number of aliphatic hydroxyl groups excluding tert-OH is 1. The Bertz CT molecular complexity index is 818. The van der Waals surface area contributed by atoms with Crippen LogP contribution in [0.5, 0.6) is 0 Å². The van der Waals surface area contributed by atoms with Gasteiger partial charge in [0.05, 0.1) is 11.7 Å². The molecule has 0 aromatic heterocycles. The summed E-state index contributed by atoms with van der Waals surface area (Å²) in [5, 5.41) is 13.8. The molecule has 0 saturated carbocycles. The molecule has 3 nitrogen and oxygen atoms in total. The Morgan fingerprint density at radius 2 is 1.81 bits per heavy atom. The number of nitrogens with one attached hydrogen (secondary N) is 1. The number of benzene rings is 2. The summed E-state index contributed by atoms with van der Waals surface area (Å²) in [4.78, 5) is 0.457. The van der Waals surface area contributed by atoms with E-state index in [0.29, 0.717) is 22.5 Å². The predicted octanol–water partition coefficient (Wildman–Crippen LogP) is 6.16. The fourth-order valence-corrected chi connectivity index (χ4v) is 4.56. The van der Waals surface area contributed by atoms with E-state index in [0.717, 1.165) is 31.4 Å². The molecule has 0 radical (unpaired) electrons. The fraction of sp³-hybridized carbons (Fsp3) is 0.478. The van der Waals surface area contributed by atoms with E-state index in [1.165, 1.54) is 23.6 Å². The minimum absolute atomic E-state index is 0.120. The maximum Gasteiger partial charge on any atom is 0.416 e. The summed E-state index contributed by atoms with van der Waals surface area (Å²) in [5.74, 6) is 0. The van der Waals surface area contributed by atoms with E-state index in [-0.39, 0.29) is 5.54 Å². The smallest absolute Gasteiger partial charge is 0.390 e. The van der Waals surface area contributed by atoms with Crippen molar-refractivity contribution in [2.24, 2.45) is 0 Å². The zero-order valence-electron chi connectivity index (χ0n) is 18.0. The third kappa shape index (κ3) is 9.53. The van der Waals surface area contributed by atoms with Crippen LogP contribution in [-0.4, -0.2) is 41.2 Å². The third-order valence-electron chi connectivity index (χ3n) is 4.91. The maximum absolute atomic E-state index is 13.0. The molecule has 0 spiro atoms. The standard InChI is InChI=1S/C23H30BrF3N2OS/c1-22(2,13-7-10-17-8-5-4-6-9-17)28-15-19(30)16-29(3)31-21-14-18(23(25,26)27)11-12-20(21)24/h4-6,8-9,11-12,14,19,28,30H,7,10,13,15-16H2,1-3H3/t19-/m1/s1. The maximum atomic E-state index is 13.0. The van der Waals surface area contributed by atoms with Crippen molar-refractivity contribution in [1.29, 1.82) is 0 Å². The highest BCUT2D eigenvalue weighted by Crippen LogP contribution is 2.36. The van der Waals surface area contributed by atoms with Gasteiger partial charge in [-0.25, -0.2) is 4.31 Å². The van der Waals surface area contributed by atoms with E-state index < -0.39 is 17.8 Å². The summed E-state index contributed by atoms with van der Waals surface area (Å²) < 4.78 is 41.2. The van der Waals surface area contributed by atoms with E-state index >= 15 is 0 Å². The van der Waals surface area contributed by atoms with Crippen LogP contribution in [0.25, 0.3) is 0 Å². The highest BCUT2D eigenvalue weighted by Gasteiger charge is 2.31. The van der Waals surface area contributed by atoms with Crippen molar-refractivity contribution in [2.75, 3.05) is 20.1 Å². The van der Waals surface area contributed by atoms with E-state index in [1.807, 2.05) is 18.2 Å². The van der Waals surface area contributed by atoms with E-state index in [4.69, 9.17) is 0 Å². The topological polar surface area (TPSA) is 35.5 Å². The van der Waals surface area contributed by atoms with Gasteiger partial charge in [0.1, 0.15) is 0 Å². The molecule has 2 aromatic rings. The van der Waals surface area contributed by atoms with Crippen LogP contribution < -0.4 is 5.32 Å². The summed E-state index contributed by atoms with van der Waals surface area (Å²) in [6.07, 6.45) is -2.00. The van der Waals surface area contributed by atoms with Crippen LogP contribution >= 0.6 is 27.9 Å². The third-order valence-corrected chi connectivity index (χ3v) is 6.86. The Morgan fingerprint density at radius 3 is 2.45 bits per heavy atom. The summed E-state index contributed by atoms with van der Waals surface area (Å²) >= 11 is 4.47. The average molecular weight is 519 g/mol. The van der Waals surface area contributed by atoms with Crippen LogP contribution in [0.1, 0.15) is 37.8 Å². The van der Waals surface area contributed by atoms with Gasteiger partial charge in [0.25, 0.3) is 0 Å². The lowest BCUT2D eigenvalue weighted by molar-refractivity contribution is -0.137. The van der Waals surface area contributed by atoms with Gasteiger partial charge in [-0.15, -0.1) is 0 Å². The average Bonchev–Trinajstić information content (AvgIpc) is 2.68. The lowest BCUT2D eigenvalue weighted by Crippen LogP contribution is -2.45. The molecule has 0 unspecified atom stereocenters. The van der Waals surface area contributed by atoms with Crippen molar-refractivity contribution in [2.45, 2.75) is 55.8 Å². The second kappa shape index (κ2) is 11.7. The van der Waals surface area contributed by atoms with Crippen molar-refractivity contribution in [3.63, 3.8) is 0 Å². The van der Waals surface area contributed by atoms with Gasteiger partial charge < -0.3 is 10.4 Å². The van der Waals surface area contributed by atoms with Crippen LogP contribution in [0.2, 0.25) is 0 Å². The number of likely N-dealkylation sites (N-methyl/N-ethyl adjacent to an activating group) is 1. The molecule has 0 aliphatic heterocycles. The van der Waals surface area contributed by atoms with Crippen LogP contribution in [0.4, 0.5) is 13.2 Å². The van der Waals surface area contributed by atoms with Gasteiger partial charge in [-0.1, -0.05) is 30.3 Å². The van der Waals surface area contributed by atoms with Crippen molar-refractivity contribution < 1.29 is 18.3 Å². The largest absolute Gasteiger partial charge is 0.416 e. The first-order valence-electron chi connectivity index (χ1n) is 10.2. The van der Waals surface area contributed by atoms with Crippen molar-refractivity contribution in [3.05, 3.63) is 64.1 Å². The first kappa shape index (κ1) is 26.2. The molecule has 0 fully saturated rings. The fourth-order valence-electron chi connectivity index (χ4n) is 3.18. The molecule has 2 rings (SSSR count). The number of halogens is 4. The summed E-state index contributed by atoms with van der Waals surface area (Å²) in [6.45, 7) is 4.96. The number of nitrogens with zero attached hydrogens (tertiary/aromatic N) is 1. The van der Waals surface area contributed by atoms with E-state index in [1.54, 1.807) is 11.4 Å². The van der Waals surface area contributed by atoms with Gasteiger partial charge in [-0.3, -0.25) is 0 Å². The summed E-state index contributed by atoms with van der Waals surface area (Å²) in [7, 11) is 1.76. The first-order chi connectivity index (χ1) is 14.5. The first-order valence-corrected chi connectivity index (χ1v) is 11.8. The molecular formula is C23H30BrF3N2OS.